The van der Waals surface area contributed by atoms with Gasteiger partial charge in [0.15, 0.2) is 0 Å². The van der Waals surface area contributed by atoms with Crippen molar-refractivity contribution >= 4 is 0 Å². The van der Waals surface area contributed by atoms with Gasteiger partial charge in [-0.25, -0.2) is 0 Å². The fraction of sp³-hybridized carbons (Fsp3) is 0.684. The summed E-state index contributed by atoms with van der Waals surface area (Å²) in [6.45, 7) is 11.7. The van der Waals surface area contributed by atoms with Crippen molar-refractivity contribution in [3.8, 4) is 0 Å². The number of nitrogens with one attached hydrogen (secondary N) is 1. The summed E-state index contributed by atoms with van der Waals surface area (Å²) in [5.41, 5.74) is 4.49. The molecule has 118 valence electrons. The predicted molar refractivity (Wildman–Crippen MR) is 91.8 cm³/mol. The Kier molecular flexibility index (Phi) is 5.45. The van der Waals surface area contributed by atoms with Gasteiger partial charge in [0.25, 0.3) is 0 Å². The summed E-state index contributed by atoms with van der Waals surface area (Å²) in [5, 5.41) is 3.66. The molecule has 1 aliphatic rings. The van der Waals surface area contributed by atoms with Crippen LogP contribution in [0.5, 0.6) is 0 Å². The van der Waals surface area contributed by atoms with E-state index < -0.39 is 0 Å². The van der Waals surface area contributed by atoms with Crippen LogP contribution in [0.1, 0.15) is 62.3 Å². The first-order valence-corrected chi connectivity index (χ1v) is 8.58. The summed E-state index contributed by atoms with van der Waals surface area (Å²) in [4.78, 5) is 2.75. The van der Waals surface area contributed by atoms with Crippen LogP contribution in [-0.2, 0) is 0 Å². The maximum absolute atomic E-state index is 3.66. The molecule has 0 spiro atoms. The largest absolute Gasteiger partial charge is 0.311 e. The number of hydrogen-bond acceptors (Lipinski definition) is 2. The molecule has 0 radical (unpaired) electrons. The van der Waals surface area contributed by atoms with Gasteiger partial charge in [0.2, 0.25) is 0 Å². The van der Waals surface area contributed by atoms with Crippen molar-refractivity contribution in [3.05, 3.63) is 34.9 Å². The first-order valence-electron chi connectivity index (χ1n) is 8.58. The summed E-state index contributed by atoms with van der Waals surface area (Å²) in [6, 6.07) is 7.29. The molecule has 1 saturated heterocycles. The van der Waals surface area contributed by atoms with Gasteiger partial charge >= 0.3 is 0 Å². The Hall–Kier alpha value is -0.860. The molecule has 1 atom stereocenters. The first-order chi connectivity index (χ1) is 10.1. The summed E-state index contributed by atoms with van der Waals surface area (Å²) < 4.78 is 0. The van der Waals surface area contributed by atoms with Crippen LogP contribution < -0.4 is 5.32 Å². The van der Waals surface area contributed by atoms with E-state index in [-0.39, 0.29) is 5.54 Å². The smallest absolute Gasteiger partial charge is 0.0507 e. The second kappa shape index (κ2) is 6.93. The highest BCUT2D eigenvalue weighted by atomic mass is 15.2. The molecule has 2 heteroatoms. The van der Waals surface area contributed by atoms with E-state index in [4.69, 9.17) is 0 Å². The van der Waals surface area contributed by atoms with E-state index in [2.05, 4.69) is 63.2 Å². The lowest BCUT2D eigenvalue weighted by atomic mass is 9.77. The number of hydrogen-bond donors (Lipinski definition) is 1. The quantitative estimate of drug-likeness (QED) is 0.843. The Balaban J connectivity index is 2.46. The van der Waals surface area contributed by atoms with Crippen molar-refractivity contribution in [2.24, 2.45) is 0 Å². The van der Waals surface area contributed by atoms with Gasteiger partial charge in [-0.2, -0.15) is 0 Å². The highest BCUT2D eigenvalue weighted by Gasteiger charge is 2.42. The number of rotatable bonds is 6. The van der Waals surface area contributed by atoms with Crippen LogP contribution >= 0.6 is 0 Å². The molecule has 2 rings (SSSR count). The van der Waals surface area contributed by atoms with Gasteiger partial charge in [0.05, 0.1) is 6.04 Å². The molecule has 0 aliphatic carbocycles. The van der Waals surface area contributed by atoms with E-state index in [1.54, 1.807) is 0 Å². The molecule has 1 unspecified atom stereocenters. The van der Waals surface area contributed by atoms with Gasteiger partial charge in [-0.15, -0.1) is 0 Å². The maximum atomic E-state index is 3.66. The van der Waals surface area contributed by atoms with Crippen LogP contribution in [0.25, 0.3) is 0 Å². The summed E-state index contributed by atoms with van der Waals surface area (Å²) in [6.07, 6.45) is 5.10. The van der Waals surface area contributed by atoms with E-state index in [0.717, 1.165) is 0 Å². The average molecular weight is 288 g/mol. The van der Waals surface area contributed by atoms with Crippen molar-refractivity contribution < 1.29 is 0 Å². The van der Waals surface area contributed by atoms with E-state index in [1.807, 2.05) is 0 Å². The topological polar surface area (TPSA) is 15.3 Å². The molecule has 1 aromatic carbocycles. The molecule has 0 bridgehead atoms. The molecule has 1 heterocycles. The normalized spacial score (nSPS) is 18.1. The molecule has 1 fully saturated rings. The highest BCUT2D eigenvalue weighted by Crippen LogP contribution is 2.40. The van der Waals surface area contributed by atoms with Crippen LogP contribution in [0.4, 0.5) is 0 Å². The van der Waals surface area contributed by atoms with Gasteiger partial charge in [-0.1, -0.05) is 37.6 Å². The van der Waals surface area contributed by atoms with Crippen LogP contribution in [0.2, 0.25) is 0 Å². The van der Waals surface area contributed by atoms with Crippen LogP contribution in [0.15, 0.2) is 18.2 Å². The van der Waals surface area contributed by atoms with Gasteiger partial charge < -0.3 is 5.32 Å². The summed E-state index contributed by atoms with van der Waals surface area (Å²) in [5.74, 6) is 0. The standard InChI is InChI=1S/C19H32N2/c1-6-19(7-2,21-12-8-9-13-21)18(20-5)17-14-15(3)10-11-16(17)4/h10-11,14,18,20H,6-9,12-13H2,1-5H3. The lowest BCUT2D eigenvalue weighted by Gasteiger charge is -2.47. The molecule has 0 amide bonds. The van der Waals surface area contributed by atoms with Crippen molar-refractivity contribution in [2.75, 3.05) is 20.1 Å². The predicted octanol–water partition coefficient (Wildman–Crippen LogP) is 4.22. The minimum absolute atomic E-state index is 0.240. The Morgan fingerprint density at radius 3 is 2.29 bits per heavy atom. The molecular weight excluding hydrogens is 256 g/mol. The molecule has 1 aliphatic heterocycles. The van der Waals surface area contributed by atoms with Crippen LogP contribution in [0.3, 0.4) is 0 Å². The minimum atomic E-state index is 0.240. The zero-order chi connectivity index (χ0) is 15.5. The number of benzene rings is 1. The molecule has 0 aromatic heterocycles. The maximum Gasteiger partial charge on any atom is 0.0507 e. The number of likely N-dealkylation sites (N-methyl/N-ethyl adjacent to an activating group) is 1. The molecular formula is C19H32N2. The van der Waals surface area contributed by atoms with Gasteiger partial charge in [-0.3, -0.25) is 4.90 Å². The third kappa shape index (κ3) is 3.02. The van der Waals surface area contributed by atoms with Crippen molar-refractivity contribution in [1.29, 1.82) is 0 Å². The Morgan fingerprint density at radius 1 is 1.14 bits per heavy atom. The van der Waals surface area contributed by atoms with Gasteiger partial charge in [0.1, 0.15) is 0 Å². The lowest BCUT2D eigenvalue weighted by Crippen LogP contribution is -2.54. The SMILES string of the molecule is CCC(CC)(C(NC)c1cc(C)ccc1C)N1CCCC1. The molecule has 0 saturated carbocycles. The third-order valence-electron chi connectivity index (χ3n) is 5.53. The third-order valence-corrected chi connectivity index (χ3v) is 5.53. The molecule has 1 aromatic rings. The number of nitrogens with zero attached hydrogens (tertiary/aromatic N) is 1. The molecule has 2 nitrogen and oxygen atoms in total. The van der Waals surface area contributed by atoms with E-state index >= 15 is 0 Å². The highest BCUT2D eigenvalue weighted by molar-refractivity contribution is 5.35. The lowest BCUT2D eigenvalue weighted by molar-refractivity contribution is 0.0644. The number of likely N-dealkylation sites (tertiary alicyclic amines) is 1. The molecule has 21 heavy (non-hydrogen) atoms. The van der Waals surface area contributed by atoms with Crippen molar-refractivity contribution in [1.82, 2.24) is 10.2 Å². The monoisotopic (exact) mass is 288 g/mol. The zero-order valence-corrected chi connectivity index (χ0v) is 14.5. The van der Waals surface area contributed by atoms with Crippen molar-refractivity contribution in [3.63, 3.8) is 0 Å². The van der Waals surface area contributed by atoms with E-state index in [1.165, 1.54) is 55.5 Å². The van der Waals surface area contributed by atoms with Gasteiger partial charge in [-0.05, 0) is 70.8 Å². The Bertz CT molecular complexity index is 457. The van der Waals surface area contributed by atoms with Crippen molar-refractivity contribution in [2.45, 2.75) is 65.0 Å². The summed E-state index contributed by atoms with van der Waals surface area (Å²) in [7, 11) is 2.13. The first kappa shape index (κ1) is 16.5. The van der Waals surface area contributed by atoms with E-state index in [0.29, 0.717) is 6.04 Å². The second-order valence-corrected chi connectivity index (χ2v) is 6.59. The average Bonchev–Trinajstić information content (AvgIpc) is 3.02. The van der Waals surface area contributed by atoms with Gasteiger partial charge in [0, 0.05) is 5.54 Å². The minimum Gasteiger partial charge on any atom is -0.311 e. The second-order valence-electron chi connectivity index (χ2n) is 6.59. The Labute approximate surface area is 130 Å². The summed E-state index contributed by atoms with van der Waals surface area (Å²) >= 11 is 0. The molecule has 1 N–H and O–H groups in total. The van der Waals surface area contributed by atoms with Crippen LogP contribution in [0, 0.1) is 13.8 Å². The Morgan fingerprint density at radius 2 is 1.76 bits per heavy atom. The zero-order valence-electron chi connectivity index (χ0n) is 14.5. The van der Waals surface area contributed by atoms with Crippen LogP contribution in [-0.4, -0.2) is 30.6 Å². The number of aryl methyl sites for hydroxylation is 2. The van der Waals surface area contributed by atoms with E-state index in [9.17, 15) is 0 Å². The fourth-order valence-corrected chi connectivity index (χ4v) is 4.24. The fourth-order valence-electron chi connectivity index (χ4n) is 4.24.